The number of carboxylic acid groups (broad SMARTS) is 1. The van der Waals surface area contributed by atoms with Crippen LogP contribution in [-0.4, -0.2) is 42.9 Å². The first-order valence-corrected chi connectivity index (χ1v) is 8.36. The Bertz CT molecular complexity index is 1110. The first-order chi connectivity index (χ1) is 13.5. The van der Waals surface area contributed by atoms with E-state index in [-0.39, 0.29) is 44.9 Å². The number of hydrogen-bond donors (Lipinski definition) is 1. The molecule has 0 aromatic carbocycles. The van der Waals surface area contributed by atoms with Crippen molar-refractivity contribution in [2.75, 3.05) is 7.11 Å². The van der Waals surface area contributed by atoms with E-state index in [1.165, 1.54) is 33.4 Å². The zero-order valence-electron chi connectivity index (χ0n) is 15.2. The number of aromatic nitrogens is 5. The minimum Gasteiger partial charge on any atom is -0.480 e. The smallest absolute Gasteiger partial charge is 0.435 e. The largest absolute Gasteiger partial charge is 0.480 e. The predicted molar refractivity (Wildman–Crippen MR) is 95.4 cm³/mol. The maximum absolute atomic E-state index is 13.1. The van der Waals surface area contributed by atoms with Crippen LogP contribution in [0.15, 0.2) is 18.5 Å². The van der Waals surface area contributed by atoms with Crippen molar-refractivity contribution in [1.29, 1.82) is 0 Å². The minimum atomic E-state index is -4.65. The van der Waals surface area contributed by atoms with Gasteiger partial charge in [-0.1, -0.05) is 0 Å². The summed E-state index contributed by atoms with van der Waals surface area (Å²) in [6, 6.07) is 0.863. The fraction of sp³-hybridized carbons (Fsp3) is 0.235. The number of rotatable bonds is 4. The third kappa shape index (κ3) is 3.73. The lowest BCUT2D eigenvalue weighted by atomic mass is 10.00. The Balaban J connectivity index is 2.29. The molecule has 0 bridgehead atoms. The number of alkyl halides is 3. The van der Waals surface area contributed by atoms with Crippen LogP contribution in [0.1, 0.15) is 27.3 Å². The van der Waals surface area contributed by atoms with Gasteiger partial charge in [-0.15, -0.1) is 0 Å². The highest BCUT2D eigenvalue weighted by atomic mass is 35.5. The van der Waals surface area contributed by atoms with Gasteiger partial charge in [-0.05, 0) is 37.1 Å². The van der Waals surface area contributed by atoms with Gasteiger partial charge in [0.2, 0.25) is 11.2 Å². The maximum atomic E-state index is 13.1. The third-order valence-corrected chi connectivity index (χ3v) is 4.30. The average molecular weight is 428 g/mol. The molecule has 12 heteroatoms. The van der Waals surface area contributed by atoms with Crippen LogP contribution in [0.2, 0.25) is 5.28 Å². The van der Waals surface area contributed by atoms with Crippen LogP contribution in [0.4, 0.5) is 13.2 Å². The summed E-state index contributed by atoms with van der Waals surface area (Å²) in [7, 11) is 1.27. The van der Waals surface area contributed by atoms with E-state index in [9.17, 15) is 23.1 Å². The van der Waals surface area contributed by atoms with Crippen molar-refractivity contribution in [3.63, 3.8) is 0 Å². The van der Waals surface area contributed by atoms with Crippen LogP contribution in [0.25, 0.3) is 16.9 Å². The van der Waals surface area contributed by atoms with Gasteiger partial charge in [-0.2, -0.15) is 23.3 Å². The Hall–Kier alpha value is -3.21. The van der Waals surface area contributed by atoms with Crippen LogP contribution in [0.3, 0.4) is 0 Å². The van der Waals surface area contributed by atoms with Crippen LogP contribution in [0, 0.1) is 13.8 Å². The number of pyridine rings is 1. The summed E-state index contributed by atoms with van der Waals surface area (Å²) < 4.78 is 45.1. The van der Waals surface area contributed by atoms with Gasteiger partial charge in [0.1, 0.15) is 5.56 Å². The standard InChI is InChI=1S/C17H13ClF3N5O3/c1-7-4-11(17(19,20)21)25-26(7)13-10(6-23-16(18)24-13)9-5-22-14(29-3)12(8(9)2)15(27)28/h4-6H,1-3H3,(H,27,28). The lowest BCUT2D eigenvalue weighted by molar-refractivity contribution is -0.141. The number of aryl methyl sites for hydroxylation is 1. The van der Waals surface area contributed by atoms with Crippen LogP contribution < -0.4 is 4.74 Å². The molecule has 0 aliphatic heterocycles. The Morgan fingerprint density at radius 2 is 1.86 bits per heavy atom. The molecule has 3 rings (SSSR count). The lowest BCUT2D eigenvalue weighted by Crippen LogP contribution is -2.11. The van der Waals surface area contributed by atoms with E-state index in [0.29, 0.717) is 0 Å². The molecule has 0 aliphatic rings. The second kappa shape index (κ2) is 7.32. The van der Waals surface area contributed by atoms with Crippen molar-refractivity contribution in [1.82, 2.24) is 24.7 Å². The van der Waals surface area contributed by atoms with Gasteiger partial charge in [0.05, 0.1) is 7.11 Å². The molecule has 0 saturated heterocycles. The number of halogens is 4. The molecule has 1 N–H and O–H groups in total. The number of aromatic carboxylic acids is 1. The molecule has 3 aromatic heterocycles. The Morgan fingerprint density at radius 3 is 2.41 bits per heavy atom. The van der Waals surface area contributed by atoms with Crippen LogP contribution in [0.5, 0.6) is 5.88 Å². The van der Waals surface area contributed by atoms with E-state index in [2.05, 4.69) is 20.1 Å². The highest BCUT2D eigenvalue weighted by Crippen LogP contribution is 2.34. The van der Waals surface area contributed by atoms with Crippen molar-refractivity contribution < 1.29 is 27.8 Å². The fourth-order valence-corrected chi connectivity index (χ4v) is 2.92. The molecule has 3 heterocycles. The molecule has 0 radical (unpaired) electrons. The second-order valence-electron chi connectivity index (χ2n) is 5.94. The van der Waals surface area contributed by atoms with Crippen molar-refractivity contribution in [2.45, 2.75) is 20.0 Å². The molecule has 0 atom stereocenters. The molecule has 29 heavy (non-hydrogen) atoms. The predicted octanol–water partition coefficient (Wildman–Crippen LogP) is 3.72. The molecule has 0 spiro atoms. The van der Waals surface area contributed by atoms with Crippen LogP contribution >= 0.6 is 11.6 Å². The molecule has 0 saturated carbocycles. The Kier molecular flexibility index (Phi) is 5.18. The quantitative estimate of drug-likeness (QED) is 0.633. The monoisotopic (exact) mass is 427 g/mol. The molecule has 3 aromatic rings. The highest BCUT2D eigenvalue weighted by Gasteiger charge is 2.35. The average Bonchev–Trinajstić information content (AvgIpc) is 3.03. The van der Waals surface area contributed by atoms with E-state index in [1.807, 2.05) is 0 Å². The van der Waals surface area contributed by atoms with E-state index < -0.39 is 17.8 Å². The van der Waals surface area contributed by atoms with Crippen molar-refractivity contribution >= 4 is 17.6 Å². The third-order valence-electron chi connectivity index (χ3n) is 4.12. The van der Waals surface area contributed by atoms with Gasteiger partial charge in [-0.3, -0.25) is 0 Å². The molecule has 152 valence electrons. The molecular weight excluding hydrogens is 415 g/mol. The molecule has 0 unspecified atom stereocenters. The topological polar surface area (TPSA) is 103 Å². The van der Waals surface area contributed by atoms with Crippen molar-refractivity contribution in [3.05, 3.63) is 46.3 Å². The first-order valence-electron chi connectivity index (χ1n) is 7.98. The lowest BCUT2D eigenvalue weighted by Gasteiger charge is -2.15. The van der Waals surface area contributed by atoms with Gasteiger partial charge in [0.25, 0.3) is 0 Å². The normalized spacial score (nSPS) is 11.6. The number of hydrogen-bond acceptors (Lipinski definition) is 6. The number of carbonyl (C=O) groups is 1. The molecular formula is C17H13ClF3N5O3. The summed E-state index contributed by atoms with van der Waals surface area (Å²) in [5, 5.41) is 12.9. The summed E-state index contributed by atoms with van der Waals surface area (Å²) >= 11 is 5.86. The van der Waals surface area contributed by atoms with E-state index in [0.717, 1.165) is 10.7 Å². The summed E-state index contributed by atoms with van der Waals surface area (Å²) in [6.07, 6.45) is -2.07. The highest BCUT2D eigenvalue weighted by molar-refractivity contribution is 6.28. The maximum Gasteiger partial charge on any atom is 0.435 e. The summed E-state index contributed by atoms with van der Waals surface area (Å²) in [5.74, 6) is -1.44. The molecule has 0 fully saturated rings. The minimum absolute atomic E-state index is 0.0515. The Labute approximate surface area is 167 Å². The zero-order chi connectivity index (χ0) is 21.5. The summed E-state index contributed by atoms with van der Waals surface area (Å²) in [5.41, 5.74) is -0.420. The fourth-order valence-electron chi connectivity index (χ4n) is 2.79. The van der Waals surface area contributed by atoms with Gasteiger partial charge in [0, 0.05) is 29.2 Å². The zero-order valence-corrected chi connectivity index (χ0v) is 16.0. The van der Waals surface area contributed by atoms with Gasteiger partial charge in [0.15, 0.2) is 11.5 Å². The number of nitrogens with zero attached hydrogens (tertiary/aromatic N) is 5. The number of carboxylic acids is 1. The second-order valence-corrected chi connectivity index (χ2v) is 6.28. The molecule has 8 nitrogen and oxygen atoms in total. The van der Waals surface area contributed by atoms with E-state index >= 15 is 0 Å². The van der Waals surface area contributed by atoms with Gasteiger partial charge in [-0.25, -0.2) is 19.4 Å². The number of ether oxygens (including phenoxy) is 1. The molecule has 0 aliphatic carbocycles. The van der Waals surface area contributed by atoms with Gasteiger partial charge < -0.3 is 9.84 Å². The summed E-state index contributed by atoms with van der Waals surface area (Å²) in [4.78, 5) is 23.5. The van der Waals surface area contributed by atoms with E-state index in [4.69, 9.17) is 16.3 Å². The summed E-state index contributed by atoms with van der Waals surface area (Å²) in [6.45, 7) is 2.93. The van der Waals surface area contributed by atoms with Crippen molar-refractivity contribution in [3.8, 4) is 22.8 Å². The van der Waals surface area contributed by atoms with Gasteiger partial charge >= 0.3 is 12.1 Å². The Morgan fingerprint density at radius 1 is 1.21 bits per heavy atom. The first kappa shape index (κ1) is 20.5. The van der Waals surface area contributed by atoms with Crippen molar-refractivity contribution in [2.24, 2.45) is 0 Å². The molecule has 0 amide bonds. The van der Waals surface area contributed by atoms with E-state index in [1.54, 1.807) is 0 Å². The SMILES string of the molecule is COc1ncc(-c2cnc(Cl)nc2-n2nc(C(F)(F)F)cc2C)c(C)c1C(=O)O. The van der Waals surface area contributed by atoms with Crippen LogP contribution in [-0.2, 0) is 6.18 Å². The number of methoxy groups -OCH3 is 1.